The van der Waals surface area contributed by atoms with Gasteiger partial charge in [0.2, 0.25) is 0 Å². The summed E-state index contributed by atoms with van der Waals surface area (Å²) in [6.07, 6.45) is 0. The number of aliphatic hydroxyl groups is 1. The van der Waals surface area contributed by atoms with Gasteiger partial charge in [-0.15, -0.1) is 11.3 Å². The molecule has 0 atom stereocenters. The van der Waals surface area contributed by atoms with E-state index < -0.39 is 5.54 Å². The second kappa shape index (κ2) is 4.84. The Hall–Kier alpha value is -1.07. The number of hydrogen-bond acceptors (Lipinski definition) is 4. The van der Waals surface area contributed by atoms with E-state index in [-0.39, 0.29) is 12.5 Å². The number of rotatable bonds is 4. The van der Waals surface area contributed by atoms with Crippen molar-refractivity contribution in [3.8, 4) is 5.75 Å². The third kappa shape index (κ3) is 2.36. The first-order valence-electron chi connectivity index (χ1n) is 4.94. The van der Waals surface area contributed by atoms with Gasteiger partial charge in [-0.3, -0.25) is 4.79 Å². The SMILES string of the molecule is COc1ccsc1C(=O)N(C)C(C)(C)CO. The summed E-state index contributed by atoms with van der Waals surface area (Å²) in [4.78, 5) is 14.2. The van der Waals surface area contributed by atoms with Crippen molar-refractivity contribution in [1.29, 1.82) is 0 Å². The van der Waals surface area contributed by atoms with Crippen LogP contribution in [-0.2, 0) is 0 Å². The van der Waals surface area contributed by atoms with Gasteiger partial charge in [0.1, 0.15) is 10.6 Å². The average molecular weight is 243 g/mol. The number of carbonyl (C=O) groups is 1. The molecule has 0 aliphatic carbocycles. The minimum Gasteiger partial charge on any atom is -0.495 e. The molecule has 4 nitrogen and oxygen atoms in total. The molecule has 0 aromatic carbocycles. The second-order valence-electron chi connectivity index (χ2n) is 4.15. The number of thiophene rings is 1. The summed E-state index contributed by atoms with van der Waals surface area (Å²) in [6.45, 7) is 3.54. The molecule has 0 bridgehead atoms. The number of carbonyl (C=O) groups excluding carboxylic acids is 1. The largest absolute Gasteiger partial charge is 0.495 e. The highest BCUT2D eigenvalue weighted by Gasteiger charge is 2.29. The summed E-state index contributed by atoms with van der Waals surface area (Å²) in [5, 5.41) is 11.0. The van der Waals surface area contributed by atoms with Crippen molar-refractivity contribution in [3.05, 3.63) is 16.3 Å². The Bertz CT molecular complexity index is 373. The average Bonchev–Trinajstić information content (AvgIpc) is 2.74. The first-order valence-corrected chi connectivity index (χ1v) is 5.82. The summed E-state index contributed by atoms with van der Waals surface area (Å²) >= 11 is 1.34. The number of likely N-dealkylation sites (N-methyl/N-ethyl adjacent to an activating group) is 1. The van der Waals surface area contributed by atoms with E-state index in [1.54, 1.807) is 13.1 Å². The van der Waals surface area contributed by atoms with Crippen molar-refractivity contribution in [3.63, 3.8) is 0 Å². The Morgan fingerprint density at radius 2 is 2.25 bits per heavy atom. The fraction of sp³-hybridized carbons (Fsp3) is 0.545. The third-order valence-electron chi connectivity index (χ3n) is 2.64. The Balaban J connectivity index is 2.95. The Morgan fingerprint density at radius 3 is 2.75 bits per heavy atom. The quantitative estimate of drug-likeness (QED) is 0.874. The van der Waals surface area contributed by atoms with E-state index in [0.29, 0.717) is 10.6 Å². The fourth-order valence-corrected chi connectivity index (χ4v) is 1.98. The number of hydrogen-bond donors (Lipinski definition) is 1. The van der Waals surface area contributed by atoms with Gasteiger partial charge in [0.25, 0.3) is 5.91 Å². The summed E-state index contributed by atoms with van der Waals surface area (Å²) in [7, 11) is 3.22. The Morgan fingerprint density at radius 1 is 1.62 bits per heavy atom. The molecule has 16 heavy (non-hydrogen) atoms. The van der Waals surface area contributed by atoms with Crippen molar-refractivity contribution in [2.24, 2.45) is 0 Å². The van der Waals surface area contributed by atoms with Gasteiger partial charge in [-0.25, -0.2) is 0 Å². The molecular formula is C11H17NO3S. The lowest BCUT2D eigenvalue weighted by atomic mass is 10.1. The van der Waals surface area contributed by atoms with E-state index >= 15 is 0 Å². The summed E-state index contributed by atoms with van der Waals surface area (Å²) < 4.78 is 5.10. The van der Waals surface area contributed by atoms with E-state index in [0.717, 1.165) is 0 Å². The van der Waals surface area contributed by atoms with Crippen LogP contribution in [0.1, 0.15) is 23.5 Å². The van der Waals surface area contributed by atoms with Gasteiger partial charge in [0, 0.05) is 7.05 Å². The normalized spacial score (nSPS) is 11.3. The number of methoxy groups -OCH3 is 1. The van der Waals surface area contributed by atoms with Crippen LogP contribution in [-0.4, -0.2) is 42.2 Å². The molecule has 0 saturated heterocycles. The smallest absolute Gasteiger partial charge is 0.268 e. The predicted octanol–water partition coefficient (Wildman–Crippen LogP) is 1.60. The minimum atomic E-state index is -0.577. The number of ether oxygens (including phenoxy) is 1. The van der Waals surface area contributed by atoms with Crippen molar-refractivity contribution in [2.45, 2.75) is 19.4 Å². The molecule has 0 radical (unpaired) electrons. The van der Waals surface area contributed by atoms with E-state index in [4.69, 9.17) is 4.74 Å². The standard InChI is InChI=1S/C11H17NO3S/c1-11(2,7-13)12(3)10(14)9-8(15-4)5-6-16-9/h5-6,13H,7H2,1-4H3. The fourth-order valence-electron chi connectivity index (χ4n) is 1.15. The van der Waals surface area contributed by atoms with Crippen LogP contribution in [0, 0.1) is 0 Å². The summed E-state index contributed by atoms with van der Waals surface area (Å²) in [6, 6.07) is 1.76. The molecule has 1 N–H and O–H groups in total. The number of amides is 1. The molecule has 0 saturated carbocycles. The van der Waals surface area contributed by atoms with E-state index in [1.807, 2.05) is 19.2 Å². The van der Waals surface area contributed by atoms with Gasteiger partial charge in [-0.1, -0.05) is 0 Å². The van der Waals surface area contributed by atoms with Gasteiger partial charge in [0.15, 0.2) is 0 Å². The number of aliphatic hydroxyl groups excluding tert-OH is 1. The first-order chi connectivity index (χ1) is 7.44. The minimum absolute atomic E-state index is 0.0804. The zero-order chi connectivity index (χ0) is 12.3. The number of nitrogens with zero attached hydrogens (tertiary/aromatic N) is 1. The molecule has 1 aromatic heterocycles. The van der Waals surface area contributed by atoms with Gasteiger partial charge in [-0.05, 0) is 25.3 Å². The molecule has 0 spiro atoms. The maximum atomic E-state index is 12.1. The highest BCUT2D eigenvalue weighted by molar-refractivity contribution is 7.12. The van der Waals surface area contributed by atoms with Crippen LogP contribution in [0.15, 0.2) is 11.4 Å². The lowest BCUT2D eigenvalue weighted by Crippen LogP contribution is -2.47. The van der Waals surface area contributed by atoms with Crippen LogP contribution in [0.25, 0.3) is 0 Å². The van der Waals surface area contributed by atoms with Crippen LogP contribution in [0.2, 0.25) is 0 Å². The lowest BCUT2D eigenvalue weighted by Gasteiger charge is -2.33. The molecule has 0 fully saturated rings. The van der Waals surface area contributed by atoms with Crippen LogP contribution in [0.5, 0.6) is 5.75 Å². The summed E-state index contributed by atoms with van der Waals surface area (Å²) in [5.41, 5.74) is -0.577. The zero-order valence-electron chi connectivity index (χ0n) is 9.98. The van der Waals surface area contributed by atoms with E-state index in [1.165, 1.54) is 23.3 Å². The molecule has 0 aliphatic heterocycles. The maximum absolute atomic E-state index is 12.1. The van der Waals surface area contributed by atoms with Crippen molar-refractivity contribution < 1.29 is 14.6 Å². The molecule has 1 heterocycles. The molecule has 1 amide bonds. The predicted molar refractivity (Wildman–Crippen MR) is 64.1 cm³/mol. The molecule has 1 rings (SSSR count). The second-order valence-corrected chi connectivity index (χ2v) is 5.07. The van der Waals surface area contributed by atoms with Crippen LogP contribution in [0.3, 0.4) is 0 Å². The van der Waals surface area contributed by atoms with Crippen LogP contribution in [0.4, 0.5) is 0 Å². The lowest BCUT2D eigenvalue weighted by molar-refractivity contribution is 0.0475. The zero-order valence-corrected chi connectivity index (χ0v) is 10.8. The van der Waals surface area contributed by atoms with Gasteiger partial charge in [-0.2, -0.15) is 0 Å². The monoisotopic (exact) mass is 243 g/mol. The van der Waals surface area contributed by atoms with Gasteiger partial charge >= 0.3 is 0 Å². The Labute approximate surface area is 99.5 Å². The maximum Gasteiger partial charge on any atom is 0.268 e. The molecule has 90 valence electrons. The summed E-state index contributed by atoms with van der Waals surface area (Å²) in [5.74, 6) is 0.446. The Kier molecular flexibility index (Phi) is 3.93. The molecule has 1 aromatic rings. The highest BCUT2D eigenvalue weighted by Crippen LogP contribution is 2.27. The van der Waals surface area contributed by atoms with E-state index in [2.05, 4.69) is 0 Å². The van der Waals surface area contributed by atoms with Crippen LogP contribution >= 0.6 is 11.3 Å². The first kappa shape index (κ1) is 13.0. The van der Waals surface area contributed by atoms with Gasteiger partial charge in [0.05, 0.1) is 19.3 Å². The van der Waals surface area contributed by atoms with E-state index in [9.17, 15) is 9.90 Å². The molecule has 0 unspecified atom stereocenters. The highest BCUT2D eigenvalue weighted by atomic mass is 32.1. The van der Waals surface area contributed by atoms with Gasteiger partial charge < -0.3 is 14.7 Å². The van der Waals surface area contributed by atoms with Crippen molar-refractivity contribution in [1.82, 2.24) is 4.90 Å². The molecule has 0 aliphatic rings. The van der Waals surface area contributed by atoms with Crippen molar-refractivity contribution >= 4 is 17.2 Å². The molecular weight excluding hydrogens is 226 g/mol. The third-order valence-corrected chi connectivity index (χ3v) is 3.53. The van der Waals surface area contributed by atoms with Crippen LogP contribution < -0.4 is 4.74 Å². The topological polar surface area (TPSA) is 49.8 Å². The molecule has 5 heteroatoms. The van der Waals surface area contributed by atoms with Crippen molar-refractivity contribution in [2.75, 3.05) is 20.8 Å².